The highest BCUT2D eigenvalue weighted by Gasteiger charge is 2.32. The third-order valence-corrected chi connectivity index (χ3v) is 5.33. The largest absolute Gasteiger partial charge is 0.496 e. The second-order valence-electron chi connectivity index (χ2n) is 7.03. The molecule has 2 aromatic carbocycles. The number of aryl methyl sites for hydroxylation is 2. The minimum absolute atomic E-state index is 0.152. The van der Waals surface area contributed by atoms with Gasteiger partial charge in [0.1, 0.15) is 22.8 Å². The molecule has 0 bridgehead atoms. The second-order valence-corrected chi connectivity index (χ2v) is 7.03. The Labute approximate surface area is 166 Å². The van der Waals surface area contributed by atoms with Crippen molar-refractivity contribution in [2.45, 2.75) is 33.2 Å². The van der Waals surface area contributed by atoms with Crippen molar-refractivity contribution in [2.75, 3.05) is 38.1 Å². The Morgan fingerprint density at radius 2 is 1.64 bits per heavy atom. The van der Waals surface area contributed by atoms with E-state index in [0.29, 0.717) is 29.4 Å². The topological polar surface area (TPSA) is 60.0 Å². The zero-order valence-electron chi connectivity index (χ0n) is 17.4. The molecule has 3 rings (SSSR count). The van der Waals surface area contributed by atoms with Crippen LogP contribution in [0.2, 0.25) is 0 Å². The Balaban J connectivity index is 2.14. The van der Waals surface area contributed by atoms with Crippen molar-refractivity contribution in [1.29, 1.82) is 0 Å². The summed E-state index contributed by atoms with van der Waals surface area (Å²) in [5, 5.41) is 3.55. The average Bonchev–Trinajstić information content (AvgIpc) is 2.72. The first-order chi connectivity index (χ1) is 13.4. The van der Waals surface area contributed by atoms with Gasteiger partial charge >= 0.3 is 0 Å². The lowest BCUT2D eigenvalue weighted by Crippen LogP contribution is -2.44. The van der Waals surface area contributed by atoms with Crippen LogP contribution in [-0.4, -0.2) is 39.8 Å². The fraction of sp³-hybridized carbons (Fsp3) is 0.409. The highest BCUT2D eigenvalue weighted by molar-refractivity contribution is 6.12. The summed E-state index contributed by atoms with van der Waals surface area (Å²) in [5.74, 6) is 1.28. The standard InChI is InChI=1S/C22H28N2O4/c1-7-15-12-24(18-9-14(3)13(2)8-17(18)23-15)22(25)21-19(27-5)10-16(26-4)11-20(21)28-6/h8-11,15,23H,7,12H2,1-6H3. The van der Waals surface area contributed by atoms with E-state index in [1.807, 2.05) is 4.90 Å². The number of rotatable bonds is 5. The first kappa shape index (κ1) is 19.9. The van der Waals surface area contributed by atoms with E-state index in [0.717, 1.165) is 23.4 Å². The van der Waals surface area contributed by atoms with Crippen molar-refractivity contribution >= 4 is 17.3 Å². The maximum absolute atomic E-state index is 13.7. The first-order valence-corrected chi connectivity index (χ1v) is 9.43. The lowest BCUT2D eigenvalue weighted by atomic mass is 10.0. The Morgan fingerprint density at radius 1 is 1.04 bits per heavy atom. The minimum atomic E-state index is -0.152. The second kappa shape index (κ2) is 8.00. The maximum atomic E-state index is 13.7. The normalized spacial score (nSPS) is 15.5. The van der Waals surface area contributed by atoms with E-state index in [2.05, 4.69) is 38.2 Å². The van der Waals surface area contributed by atoms with Crippen molar-refractivity contribution in [1.82, 2.24) is 0 Å². The van der Waals surface area contributed by atoms with E-state index in [9.17, 15) is 4.79 Å². The van der Waals surface area contributed by atoms with Crippen molar-refractivity contribution in [3.63, 3.8) is 0 Å². The lowest BCUT2D eigenvalue weighted by Gasteiger charge is -2.36. The molecular weight excluding hydrogens is 356 g/mol. The monoisotopic (exact) mass is 384 g/mol. The van der Waals surface area contributed by atoms with Gasteiger partial charge < -0.3 is 24.4 Å². The summed E-state index contributed by atoms with van der Waals surface area (Å²) in [4.78, 5) is 15.5. The number of methoxy groups -OCH3 is 3. The van der Waals surface area contributed by atoms with Crippen LogP contribution < -0.4 is 24.4 Å². The van der Waals surface area contributed by atoms with Crippen LogP contribution in [0.15, 0.2) is 24.3 Å². The molecule has 6 nitrogen and oxygen atoms in total. The number of hydrogen-bond donors (Lipinski definition) is 1. The van der Waals surface area contributed by atoms with Gasteiger partial charge in [-0.25, -0.2) is 0 Å². The highest BCUT2D eigenvalue weighted by atomic mass is 16.5. The fourth-order valence-electron chi connectivity index (χ4n) is 3.50. The number of nitrogens with zero attached hydrogens (tertiary/aromatic N) is 1. The van der Waals surface area contributed by atoms with Crippen LogP contribution in [0.4, 0.5) is 11.4 Å². The molecule has 6 heteroatoms. The van der Waals surface area contributed by atoms with Gasteiger partial charge in [-0.3, -0.25) is 4.79 Å². The first-order valence-electron chi connectivity index (χ1n) is 9.43. The third kappa shape index (κ3) is 3.46. The van der Waals surface area contributed by atoms with Crippen LogP contribution in [0.3, 0.4) is 0 Å². The number of ether oxygens (including phenoxy) is 3. The number of fused-ring (bicyclic) bond motifs is 1. The molecule has 1 atom stereocenters. The molecule has 28 heavy (non-hydrogen) atoms. The van der Waals surface area contributed by atoms with Crippen LogP contribution in [0, 0.1) is 13.8 Å². The van der Waals surface area contributed by atoms with E-state index >= 15 is 0 Å². The summed E-state index contributed by atoms with van der Waals surface area (Å²) < 4.78 is 16.3. The zero-order valence-corrected chi connectivity index (χ0v) is 17.4. The molecule has 0 fully saturated rings. The average molecular weight is 384 g/mol. The summed E-state index contributed by atoms with van der Waals surface area (Å²) >= 11 is 0. The molecule has 0 saturated heterocycles. The summed E-state index contributed by atoms with van der Waals surface area (Å²) in [6.07, 6.45) is 0.910. The van der Waals surface area contributed by atoms with Gasteiger partial charge in [-0.1, -0.05) is 6.92 Å². The molecule has 150 valence electrons. The quantitative estimate of drug-likeness (QED) is 0.838. The van der Waals surface area contributed by atoms with Crippen molar-refractivity contribution in [2.24, 2.45) is 0 Å². The Morgan fingerprint density at radius 3 is 2.18 bits per heavy atom. The van der Waals surface area contributed by atoms with Gasteiger partial charge in [-0.2, -0.15) is 0 Å². The molecule has 0 radical (unpaired) electrons. The van der Waals surface area contributed by atoms with Gasteiger partial charge in [0.05, 0.1) is 32.7 Å². The molecule has 1 aliphatic heterocycles. The van der Waals surface area contributed by atoms with Crippen molar-refractivity contribution < 1.29 is 19.0 Å². The molecule has 1 aliphatic rings. The molecule has 0 aliphatic carbocycles. The smallest absolute Gasteiger partial charge is 0.265 e. The number of benzene rings is 2. The summed E-state index contributed by atoms with van der Waals surface area (Å²) in [6.45, 7) is 6.82. The van der Waals surface area contributed by atoms with Crippen LogP contribution in [0.25, 0.3) is 0 Å². The van der Waals surface area contributed by atoms with Crippen molar-refractivity contribution in [3.05, 3.63) is 41.0 Å². The van der Waals surface area contributed by atoms with Crippen molar-refractivity contribution in [3.8, 4) is 17.2 Å². The molecule has 1 amide bonds. The Bertz CT molecular complexity index is 869. The zero-order chi connectivity index (χ0) is 20.4. The lowest BCUT2D eigenvalue weighted by molar-refractivity contribution is 0.0978. The summed E-state index contributed by atoms with van der Waals surface area (Å²) in [7, 11) is 4.65. The Hall–Kier alpha value is -2.89. The molecule has 1 unspecified atom stereocenters. The van der Waals surface area contributed by atoms with Gasteiger partial charge in [-0.15, -0.1) is 0 Å². The van der Waals surface area contributed by atoms with Crippen LogP contribution in [0.1, 0.15) is 34.8 Å². The number of carbonyl (C=O) groups excluding carboxylic acids is 1. The van der Waals surface area contributed by atoms with Crippen LogP contribution in [0.5, 0.6) is 17.2 Å². The van der Waals surface area contributed by atoms with E-state index < -0.39 is 0 Å². The number of anilines is 2. The minimum Gasteiger partial charge on any atom is -0.496 e. The number of carbonyl (C=O) groups is 1. The summed E-state index contributed by atoms with van der Waals surface area (Å²) in [5.41, 5.74) is 4.57. The molecular formula is C22H28N2O4. The fourth-order valence-corrected chi connectivity index (χ4v) is 3.50. The van der Waals surface area contributed by atoms with Crippen LogP contribution >= 0.6 is 0 Å². The number of nitrogens with one attached hydrogen (secondary N) is 1. The Kier molecular flexibility index (Phi) is 5.68. The van der Waals surface area contributed by atoms with Gasteiger partial charge in [0, 0.05) is 24.7 Å². The van der Waals surface area contributed by atoms with Gasteiger partial charge in [0.25, 0.3) is 5.91 Å². The maximum Gasteiger partial charge on any atom is 0.265 e. The highest BCUT2D eigenvalue weighted by Crippen LogP contribution is 2.39. The van der Waals surface area contributed by atoms with Gasteiger partial charge in [-0.05, 0) is 43.5 Å². The van der Waals surface area contributed by atoms with Gasteiger partial charge in [0.15, 0.2) is 0 Å². The SMILES string of the molecule is CCC1CN(C(=O)c2c(OC)cc(OC)cc2OC)c2cc(C)c(C)cc2N1. The molecule has 1 N–H and O–H groups in total. The predicted molar refractivity (Wildman–Crippen MR) is 111 cm³/mol. The number of amides is 1. The predicted octanol–water partition coefficient (Wildman–Crippen LogP) is 4.18. The number of hydrogen-bond acceptors (Lipinski definition) is 5. The van der Waals surface area contributed by atoms with E-state index in [-0.39, 0.29) is 11.9 Å². The van der Waals surface area contributed by atoms with Gasteiger partial charge in [0.2, 0.25) is 0 Å². The molecule has 0 saturated carbocycles. The molecule has 0 aromatic heterocycles. The van der Waals surface area contributed by atoms with E-state index in [1.165, 1.54) is 5.56 Å². The molecule has 0 spiro atoms. The summed E-state index contributed by atoms with van der Waals surface area (Å²) in [6, 6.07) is 7.75. The molecule has 2 aromatic rings. The van der Waals surface area contributed by atoms with E-state index in [1.54, 1.807) is 33.5 Å². The molecule has 1 heterocycles. The van der Waals surface area contributed by atoms with E-state index in [4.69, 9.17) is 14.2 Å². The third-order valence-electron chi connectivity index (χ3n) is 5.33. The van der Waals surface area contributed by atoms with Crippen LogP contribution in [-0.2, 0) is 0 Å².